The zero-order valence-corrected chi connectivity index (χ0v) is 15.3. The van der Waals surface area contributed by atoms with E-state index in [-0.39, 0.29) is 17.4 Å². The van der Waals surface area contributed by atoms with Gasteiger partial charge in [0.1, 0.15) is 18.3 Å². The number of piperidine rings is 1. The summed E-state index contributed by atoms with van der Waals surface area (Å²) in [6.45, 7) is 0.439. The lowest BCUT2D eigenvalue weighted by Crippen LogP contribution is -2.48. The molecule has 1 atom stereocenters. The lowest BCUT2D eigenvalue weighted by atomic mass is 9.81. The molecule has 2 aromatic heterocycles. The summed E-state index contributed by atoms with van der Waals surface area (Å²) in [6.07, 6.45) is -3.67. The molecule has 0 spiro atoms. The van der Waals surface area contributed by atoms with Crippen molar-refractivity contribution >= 4 is 17.5 Å². The number of anilines is 2. The number of amides is 1. The highest BCUT2D eigenvalue weighted by atomic mass is 19.4. The zero-order valence-electron chi connectivity index (χ0n) is 15.3. The molecule has 2 aromatic rings. The molecule has 7 nitrogen and oxygen atoms in total. The van der Waals surface area contributed by atoms with Crippen LogP contribution in [0.2, 0.25) is 0 Å². The van der Waals surface area contributed by atoms with Crippen molar-refractivity contribution in [1.29, 1.82) is 0 Å². The number of aromatic nitrogens is 3. The normalized spacial score (nSPS) is 23.1. The first-order chi connectivity index (χ1) is 13.7. The van der Waals surface area contributed by atoms with Crippen molar-refractivity contribution in [3.05, 3.63) is 35.2 Å². The van der Waals surface area contributed by atoms with E-state index in [0.29, 0.717) is 37.3 Å². The number of nitrogens with zero attached hydrogens (tertiary/aromatic N) is 3. The van der Waals surface area contributed by atoms with Crippen molar-refractivity contribution in [1.82, 2.24) is 15.2 Å². The molecule has 4 heterocycles. The van der Waals surface area contributed by atoms with Crippen LogP contribution in [0.25, 0.3) is 0 Å². The second-order valence-electron chi connectivity index (χ2n) is 7.36. The van der Waals surface area contributed by atoms with Crippen molar-refractivity contribution in [3.63, 3.8) is 0 Å². The summed E-state index contributed by atoms with van der Waals surface area (Å²) in [7, 11) is 0. The van der Waals surface area contributed by atoms with Crippen LogP contribution in [-0.2, 0) is 17.1 Å². The molecule has 0 radical (unpaired) electrons. The SMILES string of the molecule is O=C1CC(O)(C(F)(F)F)c2c(C3CCN(c4ccc(CF)cn4)CC3)n[nH]c2N1. The maximum Gasteiger partial charge on any atom is 0.422 e. The van der Waals surface area contributed by atoms with Crippen molar-refractivity contribution in [2.24, 2.45) is 0 Å². The molecule has 0 aromatic carbocycles. The van der Waals surface area contributed by atoms with Gasteiger partial charge in [0.15, 0.2) is 5.60 Å². The van der Waals surface area contributed by atoms with Gasteiger partial charge in [-0.15, -0.1) is 0 Å². The van der Waals surface area contributed by atoms with Crippen LogP contribution in [0.4, 0.5) is 29.2 Å². The van der Waals surface area contributed by atoms with Gasteiger partial charge in [-0.2, -0.15) is 18.3 Å². The first-order valence-electron chi connectivity index (χ1n) is 9.16. The Kier molecular flexibility index (Phi) is 4.72. The number of rotatable bonds is 3. The number of alkyl halides is 4. The van der Waals surface area contributed by atoms with Crippen LogP contribution >= 0.6 is 0 Å². The highest BCUT2D eigenvalue weighted by Gasteiger charge is 2.61. The van der Waals surface area contributed by atoms with E-state index in [0.717, 1.165) is 0 Å². The van der Waals surface area contributed by atoms with Gasteiger partial charge in [-0.05, 0) is 18.9 Å². The molecule has 1 amide bonds. The highest BCUT2D eigenvalue weighted by molar-refractivity contribution is 5.94. The number of carbonyl (C=O) groups is 1. The Labute approximate surface area is 163 Å². The van der Waals surface area contributed by atoms with Gasteiger partial charge >= 0.3 is 6.18 Å². The first kappa shape index (κ1) is 19.6. The lowest BCUT2D eigenvalue weighted by molar-refractivity contribution is -0.267. The third-order valence-corrected chi connectivity index (χ3v) is 5.53. The summed E-state index contributed by atoms with van der Waals surface area (Å²) in [5, 5.41) is 19.2. The Balaban J connectivity index is 1.56. The van der Waals surface area contributed by atoms with Crippen molar-refractivity contribution < 1.29 is 27.5 Å². The molecule has 2 aliphatic heterocycles. The number of aliphatic hydroxyl groups is 1. The summed E-state index contributed by atoms with van der Waals surface area (Å²) < 4.78 is 53.5. The Morgan fingerprint density at radius 3 is 2.59 bits per heavy atom. The van der Waals surface area contributed by atoms with Crippen molar-refractivity contribution in [2.45, 2.75) is 43.6 Å². The molecule has 4 rings (SSSR count). The number of H-pyrrole nitrogens is 1. The quantitative estimate of drug-likeness (QED) is 0.673. The molecule has 2 aliphatic rings. The summed E-state index contributed by atoms with van der Waals surface area (Å²) in [5.41, 5.74) is -3.07. The Hall–Kier alpha value is -2.69. The molecule has 11 heteroatoms. The van der Waals surface area contributed by atoms with Crippen LogP contribution in [0, 0.1) is 0 Å². The summed E-state index contributed by atoms with van der Waals surface area (Å²) >= 11 is 0. The third-order valence-electron chi connectivity index (χ3n) is 5.53. The van der Waals surface area contributed by atoms with E-state index in [9.17, 15) is 27.5 Å². The van der Waals surface area contributed by atoms with Gasteiger partial charge in [-0.25, -0.2) is 9.37 Å². The van der Waals surface area contributed by atoms with Gasteiger partial charge in [0.05, 0.1) is 17.7 Å². The molecule has 156 valence electrons. The van der Waals surface area contributed by atoms with Gasteiger partial charge in [0.25, 0.3) is 0 Å². The van der Waals surface area contributed by atoms with Crippen molar-refractivity contribution in [2.75, 3.05) is 23.3 Å². The van der Waals surface area contributed by atoms with Gasteiger partial charge in [0, 0.05) is 30.8 Å². The second-order valence-corrected chi connectivity index (χ2v) is 7.36. The first-order valence-corrected chi connectivity index (χ1v) is 9.16. The van der Waals surface area contributed by atoms with E-state index < -0.39 is 36.3 Å². The number of hydrogen-bond donors (Lipinski definition) is 3. The highest BCUT2D eigenvalue weighted by Crippen LogP contribution is 2.49. The van der Waals surface area contributed by atoms with E-state index in [1.807, 2.05) is 4.90 Å². The van der Waals surface area contributed by atoms with E-state index >= 15 is 0 Å². The number of nitrogens with one attached hydrogen (secondary N) is 2. The van der Waals surface area contributed by atoms with Crippen LogP contribution in [0.15, 0.2) is 18.3 Å². The molecule has 3 N–H and O–H groups in total. The fourth-order valence-corrected chi connectivity index (χ4v) is 3.97. The molecule has 0 aliphatic carbocycles. The van der Waals surface area contributed by atoms with E-state index in [2.05, 4.69) is 20.5 Å². The number of carbonyl (C=O) groups excluding carboxylic acids is 1. The Morgan fingerprint density at radius 1 is 1.28 bits per heavy atom. The molecule has 0 saturated carbocycles. The average molecular weight is 413 g/mol. The maximum absolute atomic E-state index is 13.6. The molecule has 1 unspecified atom stereocenters. The van der Waals surface area contributed by atoms with Crippen LogP contribution in [0.3, 0.4) is 0 Å². The topological polar surface area (TPSA) is 94.1 Å². The monoisotopic (exact) mass is 413 g/mol. The predicted molar refractivity (Wildman–Crippen MR) is 95.0 cm³/mol. The van der Waals surface area contributed by atoms with Gasteiger partial charge < -0.3 is 15.3 Å². The molecular weight excluding hydrogens is 394 g/mol. The number of hydrogen-bond acceptors (Lipinski definition) is 5. The predicted octanol–water partition coefficient (Wildman–Crippen LogP) is 2.75. The fraction of sp³-hybridized carbons (Fsp3) is 0.500. The maximum atomic E-state index is 13.6. The Morgan fingerprint density at radius 2 is 2.00 bits per heavy atom. The zero-order chi connectivity index (χ0) is 20.8. The second kappa shape index (κ2) is 6.97. The number of halogens is 4. The Bertz CT molecular complexity index is 906. The molecule has 1 saturated heterocycles. The van der Waals surface area contributed by atoms with Crippen LogP contribution in [0.5, 0.6) is 0 Å². The van der Waals surface area contributed by atoms with Crippen LogP contribution < -0.4 is 10.2 Å². The van der Waals surface area contributed by atoms with Crippen molar-refractivity contribution in [3.8, 4) is 0 Å². The minimum Gasteiger partial charge on any atom is -0.376 e. The van der Waals surface area contributed by atoms with Gasteiger partial charge in [-0.3, -0.25) is 9.89 Å². The number of pyridine rings is 1. The minimum absolute atomic E-state index is 0.125. The largest absolute Gasteiger partial charge is 0.422 e. The fourth-order valence-electron chi connectivity index (χ4n) is 3.97. The van der Waals surface area contributed by atoms with Crippen LogP contribution in [-0.4, -0.2) is 45.5 Å². The van der Waals surface area contributed by atoms with Gasteiger partial charge in [0.2, 0.25) is 5.91 Å². The summed E-state index contributed by atoms with van der Waals surface area (Å²) in [6, 6.07) is 3.36. The molecular formula is C18H19F4N5O2. The smallest absolute Gasteiger partial charge is 0.376 e. The lowest BCUT2D eigenvalue weighted by Gasteiger charge is -2.36. The minimum atomic E-state index is -5.01. The van der Waals surface area contributed by atoms with E-state index in [4.69, 9.17) is 0 Å². The third kappa shape index (κ3) is 3.33. The number of aromatic amines is 1. The molecule has 29 heavy (non-hydrogen) atoms. The van der Waals surface area contributed by atoms with Gasteiger partial charge in [-0.1, -0.05) is 6.07 Å². The summed E-state index contributed by atoms with van der Waals surface area (Å²) in [4.78, 5) is 17.9. The summed E-state index contributed by atoms with van der Waals surface area (Å²) in [5.74, 6) is -0.781. The van der Waals surface area contributed by atoms with Crippen LogP contribution in [0.1, 0.15) is 42.0 Å². The van der Waals surface area contributed by atoms with E-state index in [1.165, 1.54) is 6.20 Å². The van der Waals surface area contributed by atoms with E-state index in [1.54, 1.807) is 12.1 Å². The molecule has 0 bridgehead atoms. The standard InChI is InChI=1S/C18H19F4N5O2/c19-8-10-1-2-12(23-9-10)27-5-3-11(4-6-27)15-14-16(26-25-15)24-13(28)7-17(14,29)18(20,21)22/h1-2,9,11,29H,3-8H2,(H2,24,25,26,28). The average Bonchev–Trinajstić information content (AvgIpc) is 3.12. The molecule has 1 fully saturated rings. The number of fused-ring (bicyclic) bond motifs is 1.